The highest BCUT2D eigenvalue weighted by molar-refractivity contribution is 5.69. The van der Waals surface area contributed by atoms with Crippen molar-refractivity contribution in [1.82, 2.24) is 0 Å². The van der Waals surface area contributed by atoms with E-state index in [4.69, 9.17) is 11.5 Å². The molecule has 0 saturated heterocycles. The molecule has 0 saturated carbocycles. The van der Waals surface area contributed by atoms with Crippen molar-refractivity contribution in [3.8, 4) is 0 Å². The predicted octanol–water partition coefficient (Wildman–Crippen LogP) is 2.69. The fraction of sp³-hybridized carbons (Fsp3) is 0.250. The largest absolute Gasteiger partial charge is 0.419 e. The summed E-state index contributed by atoms with van der Waals surface area (Å²) in [6, 6.07) is 1.95. The standard InChI is InChI=1S/C8H5F6N2/c9-7(10,11)3-1-2-4(15)6(16)5(3)8(12,13)14/h1H,15-16H2. The van der Waals surface area contributed by atoms with Gasteiger partial charge in [0.05, 0.1) is 22.5 Å². The van der Waals surface area contributed by atoms with E-state index < -0.39 is 34.9 Å². The maximum atomic E-state index is 12.4. The van der Waals surface area contributed by atoms with Crippen LogP contribution in [0.15, 0.2) is 6.07 Å². The Morgan fingerprint density at radius 1 is 0.938 bits per heavy atom. The summed E-state index contributed by atoms with van der Waals surface area (Å²) in [5.41, 5.74) is 4.17. The molecule has 1 aromatic rings. The van der Waals surface area contributed by atoms with Crippen LogP contribution < -0.4 is 11.5 Å². The maximum Gasteiger partial charge on any atom is 0.419 e. The van der Waals surface area contributed by atoms with Gasteiger partial charge in [-0.3, -0.25) is 0 Å². The van der Waals surface area contributed by atoms with Gasteiger partial charge >= 0.3 is 12.4 Å². The first-order valence-electron chi connectivity index (χ1n) is 3.79. The summed E-state index contributed by atoms with van der Waals surface area (Å²) in [5.74, 6) is 0. The third-order valence-corrected chi connectivity index (χ3v) is 1.79. The van der Waals surface area contributed by atoms with Gasteiger partial charge in [0.1, 0.15) is 0 Å². The van der Waals surface area contributed by atoms with Crippen LogP contribution in [0.4, 0.5) is 37.7 Å². The Labute approximate surface area is 85.8 Å². The summed E-state index contributed by atoms with van der Waals surface area (Å²) >= 11 is 0. The molecule has 0 spiro atoms. The molecule has 1 radical (unpaired) electrons. The van der Waals surface area contributed by atoms with Crippen molar-refractivity contribution in [3.05, 3.63) is 23.3 Å². The molecule has 2 nitrogen and oxygen atoms in total. The highest BCUT2D eigenvalue weighted by atomic mass is 19.4. The van der Waals surface area contributed by atoms with E-state index in [0.717, 1.165) is 0 Å². The number of rotatable bonds is 0. The Bertz CT molecular complexity index is 406. The molecule has 0 amide bonds. The lowest BCUT2D eigenvalue weighted by molar-refractivity contribution is -0.161. The van der Waals surface area contributed by atoms with Gasteiger partial charge in [-0.1, -0.05) is 0 Å². The maximum absolute atomic E-state index is 12.4. The SMILES string of the molecule is Nc1[c]cc(C(F)(F)F)c(C(F)(F)F)c1N. The fourth-order valence-corrected chi connectivity index (χ4v) is 1.11. The number of hydrogen-bond donors (Lipinski definition) is 2. The Kier molecular flexibility index (Phi) is 2.70. The molecule has 0 aromatic heterocycles. The molecule has 0 heterocycles. The number of nitrogens with two attached hydrogens (primary N) is 2. The van der Waals surface area contributed by atoms with Gasteiger partial charge in [0.15, 0.2) is 0 Å². The van der Waals surface area contributed by atoms with E-state index in [1.54, 1.807) is 0 Å². The second-order valence-electron chi connectivity index (χ2n) is 2.90. The molecule has 0 aliphatic heterocycles. The van der Waals surface area contributed by atoms with E-state index in [1.165, 1.54) is 0 Å². The van der Waals surface area contributed by atoms with Crippen molar-refractivity contribution in [3.63, 3.8) is 0 Å². The number of benzene rings is 1. The van der Waals surface area contributed by atoms with Gasteiger partial charge in [0.2, 0.25) is 0 Å². The third-order valence-electron chi connectivity index (χ3n) is 1.79. The van der Waals surface area contributed by atoms with Crippen LogP contribution in [-0.4, -0.2) is 0 Å². The van der Waals surface area contributed by atoms with E-state index in [-0.39, 0.29) is 6.07 Å². The van der Waals surface area contributed by atoms with Crippen molar-refractivity contribution < 1.29 is 26.3 Å². The predicted molar refractivity (Wildman–Crippen MR) is 44.1 cm³/mol. The van der Waals surface area contributed by atoms with E-state index >= 15 is 0 Å². The van der Waals surface area contributed by atoms with E-state index in [2.05, 4.69) is 0 Å². The number of nitrogen functional groups attached to an aromatic ring is 2. The highest BCUT2D eigenvalue weighted by Crippen LogP contribution is 2.44. The highest BCUT2D eigenvalue weighted by Gasteiger charge is 2.45. The van der Waals surface area contributed by atoms with Gasteiger partial charge in [-0.25, -0.2) is 0 Å². The van der Waals surface area contributed by atoms with E-state index in [0.29, 0.717) is 0 Å². The van der Waals surface area contributed by atoms with Crippen molar-refractivity contribution >= 4 is 11.4 Å². The molecule has 1 aromatic carbocycles. The first kappa shape index (κ1) is 12.5. The van der Waals surface area contributed by atoms with Gasteiger partial charge in [-0.05, 0) is 6.07 Å². The third kappa shape index (κ3) is 2.15. The van der Waals surface area contributed by atoms with Crippen LogP contribution in [0.2, 0.25) is 0 Å². The molecule has 0 bridgehead atoms. The van der Waals surface area contributed by atoms with Crippen LogP contribution in [0.3, 0.4) is 0 Å². The number of hydrogen-bond acceptors (Lipinski definition) is 2. The lowest BCUT2D eigenvalue weighted by atomic mass is 10.0. The smallest absolute Gasteiger partial charge is 0.397 e. The van der Waals surface area contributed by atoms with Gasteiger partial charge < -0.3 is 11.5 Å². The van der Waals surface area contributed by atoms with Crippen LogP contribution >= 0.6 is 0 Å². The second-order valence-corrected chi connectivity index (χ2v) is 2.90. The zero-order valence-electron chi connectivity index (χ0n) is 7.50. The minimum Gasteiger partial charge on any atom is -0.397 e. The molecule has 0 aliphatic carbocycles. The Balaban J connectivity index is 3.59. The molecular formula is C8H5F6N2. The summed E-state index contributed by atoms with van der Waals surface area (Å²) < 4.78 is 73.9. The molecular weight excluding hydrogens is 238 g/mol. The quantitative estimate of drug-likeness (QED) is 0.543. The summed E-state index contributed by atoms with van der Waals surface area (Å²) in [6.07, 6.45) is -10.4. The first-order valence-corrected chi connectivity index (χ1v) is 3.79. The number of halogens is 6. The molecule has 89 valence electrons. The topological polar surface area (TPSA) is 52.0 Å². The van der Waals surface area contributed by atoms with Crippen LogP contribution in [0.25, 0.3) is 0 Å². The first-order chi connectivity index (χ1) is 7.05. The van der Waals surface area contributed by atoms with E-state index in [9.17, 15) is 26.3 Å². The molecule has 1 rings (SSSR count). The average molecular weight is 243 g/mol. The minimum atomic E-state index is -5.22. The second kappa shape index (κ2) is 3.46. The van der Waals surface area contributed by atoms with Crippen LogP contribution in [-0.2, 0) is 12.4 Å². The molecule has 0 fully saturated rings. The molecule has 0 unspecified atom stereocenters. The fourth-order valence-electron chi connectivity index (χ4n) is 1.11. The average Bonchev–Trinajstić information content (AvgIpc) is 2.05. The lowest BCUT2D eigenvalue weighted by Crippen LogP contribution is -2.19. The van der Waals surface area contributed by atoms with Gasteiger partial charge in [-0.2, -0.15) is 26.3 Å². The number of alkyl halides is 6. The van der Waals surface area contributed by atoms with Crippen molar-refractivity contribution in [2.45, 2.75) is 12.4 Å². The lowest BCUT2D eigenvalue weighted by Gasteiger charge is -2.18. The van der Waals surface area contributed by atoms with Crippen molar-refractivity contribution in [1.29, 1.82) is 0 Å². The zero-order chi connectivity index (χ0) is 12.7. The molecule has 0 aliphatic rings. The van der Waals surface area contributed by atoms with Crippen molar-refractivity contribution in [2.24, 2.45) is 0 Å². The summed E-state index contributed by atoms with van der Waals surface area (Å²) in [5, 5.41) is 0. The van der Waals surface area contributed by atoms with Crippen LogP contribution in [0, 0.1) is 6.07 Å². The molecule has 0 atom stereocenters. The normalized spacial score (nSPS) is 12.9. The number of anilines is 2. The van der Waals surface area contributed by atoms with Gasteiger partial charge in [0, 0.05) is 6.07 Å². The molecule has 4 N–H and O–H groups in total. The molecule has 16 heavy (non-hydrogen) atoms. The Hall–Kier alpha value is -1.60. The van der Waals surface area contributed by atoms with E-state index in [1.807, 2.05) is 6.07 Å². The zero-order valence-corrected chi connectivity index (χ0v) is 7.50. The summed E-state index contributed by atoms with van der Waals surface area (Å²) in [4.78, 5) is 0. The Morgan fingerprint density at radius 3 is 1.81 bits per heavy atom. The van der Waals surface area contributed by atoms with Gasteiger partial charge in [0.25, 0.3) is 0 Å². The monoisotopic (exact) mass is 243 g/mol. The van der Waals surface area contributed by atoms with Crippen LogP contribution in [0.5, 0.6) is 0 Å². The van der Waals surface area contributed by atoms with Crippen LogP contribution in [0.1, 0.15) is 11.1 Å². The van der Waals surface area contributed by atoms with Gasteiger partial charge in [-0.15, -0.1) is 0 Å². The van der Waals surface area contributed by atoms with Crippen molar-refractivity contribution in [2.75, 3.05) is 11.5 Å². The minimum absolute atomic E-state index is 0.133. The summed E-state index contributed by atoms with van der Waals surface area (Å²) in [6.45, 7) is 0. The Morgan fingerprint density at radius 2 is 1.44 bits per heavy atom. The summed E-state index contributed by atoms with van der Waals surface area (Å²) in [7, 11) is 0. The molecule has 8 heteroatoms.